The van der Waals surface area contributed by atoms with Crippen molar-refractivity contribution in [3.05, 3.63) is 133 Å². The molecule has 0 spiro atoms. The first kappa shape index (κ1) is 30.7. The third-order valence-corrected chi connectivity index (χ3v) is 12.1. The monoisotopic (exact) mass is 606 g/mol. The van der Waals surface area contributed by atoms with Crippen molar-refractivity contribution in [3.8, 4) is 0 Å². The number of aliphatic hydroxyl groups is 1. The second-order valence-electron chi connectivity index (χ2n) is 10.7. The largest absolute Gasteiger partial charge is 0.457 e. The fourth-order valence-corrected chi connectivity index (χ4v) is 10.4. The number of nitrogen functional groups attached to an aromatic ring is 1. The van der Waals surface area contributed by atoms with Crippen LogP contribution in [0, 0.1) is 5.92 Å². The molecule has 0 bridgehead atoms. The van der Waals surface area contributed by atoms with Crippen molar-refractivity contribution in [2.24, 2.45) is 5.92 Å². The molecule has 8 heteroatoms. The molecule has 3 atom stereocenters. The molecule has 0 radical (unpaired) electrons. The zero-order chi connectivity index (χ0) is 31.3. The van der Waals surface area contributed by atoms with Crippen LogP contribution in [0.25, 0.3) is 0 Å². The Labute approximate surface area is 257 Å². The second kappa shape index (κ2) is 13.3. The third kappa shape index (κ3) is 5.64. The van der Waals surface area contributed by atoms with Gasteiger partial charge < -0.3 is 20.5 Å². The van der Waals surface area contributed by atoms with Gasteiger partial charge in [-0.05, 0) is 35.0 Å². The minimum Gasteiger partial charge on any atom is -0.457 e. The van der Waals surface area contributed by atoms with E-state index in [4.69, 9.17) is 10.5 Å². The van der Waals surface area contributed by atoms with E-state index in [1.807, 2.05) is 91.0 Å². The zero-order valence-electron chi connectivity index (χ0n) is 24.5. The van der Waals surface area contributed by atoms with Gasteiger partial charge in [-0.25, -0.2) is 4.79 Å². The lowest BCUT2D eigenvalue weighted by Gasteiger charge is -2.50. The van der Waals surface area contributed by atoms with Gasteiger partial charge in [0.15, 0.2) is 5.78 Å². The Kier molecular flexibility index (Phi) is 9.29. The number of esters is 1. The normalized spacial score (nSPS) is 16.9. The van der Waals surface area contributed by atoms with Crippen LogP contribution in [-0.4, -0.2) is 51.8 Å². The van der Waals surface area contributed by atoms with Gasteiger partial charge >= 0.3 is 5.97 Å². The number of rotatable bonds is 11. The lowest BCUT2D eigenvalue weighted by molar-refractivity contribution is -0.157. The van der Waals surface area contributed by atoms with Gasteiger partial charge in [-0.2, -0.15) is 0 Å². The molecule has 1 heterocycles. The van der Waals surface area contributed by atoms with E-state index in [2.05, 4.69) is 6.58 Å². The number of ether oxygens (including phenoxy) is 1. The van der Waals surface area contributed by atoms with E-state index in [0.29, 0.717) is 11.3 Å². The predicted molar refractivity (Wildman–Crippen MR) is 177 cm³/mol. The fourth-order valence-electron chi connectivity index (χ4n) is 5.96. The quantitative estimate of drug-likeness (QED) is 0.0670. The highest BCUT2D eigenvalue weighted by Gasteiger charge is 2.55. The van der Waals surface area contributed by atoms with Crippen LogP contribution in [0.2, 0.25) is 0 Å². The summed E-state index contributed by atoms with van der Waals surface area (Å²) in [6.07, 6.45) is 0.294. The van der Waals surface area contributed by atoms with Crippen LogP contribution in [0.1, 0.15) is 23.7 Å². The molecule has 3 N–H and O–H groups in total. The molecule has 0 saturated carbocycles. The molecule has 224 valence electrons. The standard InChI is InChI=1S/C36H35N2O5P/c1-3-22-43-36(42)35(38-31(33(25(2)39)34(38)41)24-32(40)26-14-13-15-27(37)23-26)44(28-16-7-4-8-17-28,29-18-9-5-10-19-29)30-20-11-6-12-21-30/h3-21,23,25,31,33,39H,1,22,24,37H2,2H3/t25-,31-,33-/m1/s1. The first-order valence-electron chi connectivity index (χ1n) is 14.4. The second-order valence-corrected chi connectivity index (χ2v) is 14.0. The summed E-state index contributed by atoms with van der Waals surface area (Å²) in [5, 5.41) is 13.3. The highest BCUT2D eigenvalue weighted by atomic mass is 31.2. The van der Waals surface area contributed by atoms with Crippen LogP contribution in [0.15, 0.2) is 128 Å². The summed E-state index contributed by atoms with van der Waals surface area (Å²) in [5.74, 6) is -2.28. The molecular weight excluding hydrogens is 571 g/mol. The number of carbonyl (C=O) groups excluding carboxylic acids is 3. The van der Waals surface area contributed by atoms with E-state index in [1.165, 1.54) is 17.9 Å². The maximum atomic E-state index is 14.4. The summed E-state index contributed by atoms with van der Waals surface area (Å²) in [6.45, 7) is 2.03. The Morgan fingerprint density at radius 3 is 1.89 bits per heavy atom. The number of aliphatic hydroxyl groups excluding tert-OH is 1. The Balaban J connectivity index is 1.86. The molecule has 7 nitrogen and oxygen atoms in total. The maximum Gasteiger partial charge on any atom is 0.356 e. The molecule has 1 saturated heterocycles. The number of anilines is 1. The fraction of sp³-hybridized carbons (Fsp3) is 0.167. The van der Waals surface area contributed by atoms with Crippen molar-refractivity contribution in [2.45, 2.75) is 25.5 Å². The Morgan fingerprint density at radius 1 is 0.909 bits per heavy atom. The molecule has 4 aromatic carbocycles. The van der Waals surface area contributed by atoms with Gasteiger partial charge in [0.2, 0.25) is 5.91 Å². The molecule has 44 heavy (non-hydrogen) atoms. The SMILES string of the molecule is C=CCOC(=O)C(N1C(=O)[C@H]([C@@H](C)O)[C@H]1CC(=O)c1cccc(N)c1)=P(c1ccccc1)(c1ccccc1)c1ccccc1. The van der Waals surface area contributed by atoms with E-state index in [9.17, 15) is 19.5 Å². The summed E-state index contributed by atoms with van der Waals surface area (Å²) in [7, 11) is 0. The number of hydrogen-bond donors (Lipinski definition) is 2. The minimum atomic E-state index is -3.14. The Hall–Kier alpha value is -4.71. The molecule has 1 fully saturated rings. The third-order valence-electron chi connectivity index (χ3n) is 7.88. The van der Waals surface area contributed by atoms with Crippen LogP contribution in [0.3, 0.4) is 0 Å². The van der Waals surface area contributed by atoms with Gasteiger partial charge in [0.25, 0.3) is 0 Å². The molecule has 4 aromatic rings. The number of nitrogens with zero attached hydrogens (tertiary/aromatic N) is 1. The van der Waals surface area contributed by atoms with E-state index in [-0.39, 0.29) is 24.2 Å². The summed E-state index contributed by atoms with van der Waals surface area (Å²) in [6, 6.07) is 34.7. The topological polar surface area (TPSA) is 110 Å². The molecule has 0 unspecified atom stereocenters. The van der Waals surface area contributed by atoms with Crippen molar-refractivity contribution in [1.82, 2.24) is 4.90 Å². The summed E-state index contributed by atoms with van der Waals surface area (Å²) in [4.78, 5) is 43.6. The van der Waals surface area contributed by atoms with Crippen LogP contribution < -0.4 is 21.6 Å². The highest BCUT2D eigenvalue weighted by Crippen LogP contribution is 2.50. The summed E-state index contributed by atoms with van der Waals surface area (Å²) < 4.78 is 5.75. The average Bonchev–Trinajstić information content (AvgIpc) is 3.04. The lowest BCUT2D eigenvalue weighted by atomic mass is 9.79. The zero-order valence-corrected chi connectivity index (χ0v) is 25.3. The van der Waals surface area contributed by atoms with Crippen LogP contribution in [-0.2, 0) is 14.3 Å². The molecule has 1 aliphatic rings. The molecule has 1 aliphatic heterocycles. The van der Waals surface area contributed by atoms with E-state index < -0.39 is 36.8 Å². The Morgan fingerprint density at radius 2 is 1.43 bits per heavy atom. The van der Waals surface area contributed by atoms with Crippen LogP contribution in [0.4, 0.5) is 5.69 Å². The number of hydrogen-bond acceptors (Lipinski definition) is 6. The van der Waals surface area contributed by atoms with Gasteiger partial charge in [-0.15, -0.1) is 0 Å². The number of ketones is 1. The van der Waals surface area contributed by atoms with Gasteiger partial charge in [0.1, 0.15) is 12.0 Å². The van der Waals surface area contributed by atoms with Crippen molar-refractivity contribution in [1.29, 1.82) is 0 Å². The number of likely N-dealkylation sites (tertiary alicyclic amines) is 1. The summed E-state index contributed by atoms with van der Waals surface area (Å²) in [5.41, 5.74) is 6.93. The average molecular weight is 607 g/mol. The summed E-state index contributed by atoms with van der Waals surface area (Å²) >= 11 is 0. The Bertz CT molecular complexity index is 1620. The molecule has 0 aromatic heterocycles. The number of carbonyl (C=O) groups is 3. The van der Waals surface area contributed by atoms with E-state index in [0.717, 1.165) is 15.9 Å². The first-order chi connectivity index (χ1) is 21.3. The van der Waals surface area contributed by atoms with Crippen LogP contribution in [0.5, 0.6) is 0 Å². The first-order valence-corrected chi connectivity index (χ1v) is 16.2. The predicted octanol–water partition coefficient (Wildman–Crippen LogP) is 3.90. The van der Waals surface area contributed by atoms with Crippen molar-refractivity contribution in [2.75, 3.05) is 12.3 Å². The highest BCUT2D eigenvalue weighted by molar-refractivity contribution is 7.96. The number of benzene rings is 4. The van der Waals surface area contributed by atoms with Crippen molar-refractivity contribution < 1.29 is 24.2 Å². The van der Waals surface area contributed by atoms with Crippen molar-refractivity contribution in [3.63, 3.8) is 0 Å². The number of nitrogens with two attached hydrogens (primary N) is 1. The van der Waals surface area contributed by atoms with Gasteiger partial charge in [-0.1, -0.05) is 116 Å². The van der Waals surface area contributed by atoms with E-state index in [1.54, 1.807) is 24.3 Å². The molecule has 0 aliphatic carbocycles. The van der Waals surface area contributed by atoms with E-state index >= 15 is 0 Å². The van der Waals surface area contributed by atoms with Gasteiger partial charge in [0.05, 0.1) is 18.1 Å². The number of Topliss-reactive ketones (excluding diaryl/α,β-unsaturated/α-hetero) is 1. The molecule has 5 rings (SSSR count). The number of β-lactam (4-membered cyclic amide) rings is 1. The lowest BCUT2D eigenvalue weighted by Crippen LogP contribution is -2.68. The van der Waals surface area contributed by atoms with Gasteiger partial charge in [0, 0.05) is 24.6 Å². The smallest absolute Gasteiger partial charge is 0.356 e. The van der Waals surface area contributed by atoms with Gasteiger partial charge in [-0.3, -0.25) is 9.59 Å². The minimum absolute atomic E-state index is 0.0740. The molecular formula is C36H35N2O5P. The van der Waals surface area contributed by atoms with Crippen LogP contribution >= 0.6 is 6.89 Å². The maximum absolute atomic E-state index is 14.4. The number of amides is 1. The molecule has 1 amide bonds. The van der Waals surface area contributed by atoms with Crippen molar-refractivity contribution >= 4 is 51.6 Å².